The van der Waals surface area contributed by atoms with Crippen LogP contribution in [0.3, 0.4) is 0 Å². The molecule has 2 rings (SSSR count). The Morgan fingerprint density at radius 1 is 1.27 bits per heavy atom. The third-order valence-corrected chi connectivity index (χ3v) is 2.52. The zero-order valence-corrected chi connectivity index (χ0v) is 9.56. The Morgan fingerprint density at radius 2 is 2.07 bits per heavy atom. The highest BCUT2D eigenvalue weighted by molar-refractivity contribution is 7.71. The van der Waals surface area contributed by atoms with Crippen LogP contribution in [0.25, 0.3) is 11.4 Å². The highest BCUT2D eigenvalue weighted by Gasteiger charge is 2.04. The van der Waals surface area contributed by atoms with Crippen molar-refractivity contribution < 1.29 is 0 Å². The molecule has 0 fully saturated rings. The molecule has 1 aromatic heterocycles. The molecule has 4 heteroatoms. The Balaban J connectivity index is 2.45. The number of rotatable bonds is 2. The van der Waals surface area contributed by atoms with Gasteiger partial charge in [-0.05, 0) is 29.8 Å². The predicted molar refractivity (Wildman–Crippen MR) is 63.3 cm³/mol. The Kier molecular flexibility index (Phi) is 2.68. The summed E-state index contributed by atoms with van der Waals surface area (Å²) in [6.45, 7) is 4.35. The van der Waals surface area contributed by atoms with Gasteiger partial charge in [0.1, 0.15) is 0 Å². The van der Waals surface area contributed by atoms with Gasteiger partial charge in [-0.2, -0.15) is 4.98 Å². The van der Waals surface area contributed by atoms with Gasteiger partial charge in [-0.25, -0.2) is 0 Å². The number of aromatic amines is 2. The fourth-order valence-electron chi connectivity index (χ4n) is 1.45. The molecule has 2 aromatic rings. The van der Waals surface area contributed by atoms with Crippen LogP contribution in [0.15, 0.2) is 24.3 Å². The number of benzene rings is 1. The Bertz CT molecular complexity index is 510. The second-order valence-electron chi connectivity index (χ2n) is 3.80. The lowest BCUT2D eigenvalue weighted by Gasteiger charge is -2.05. The molecule has 15 heavy (non-hydrogen) atoms. The molecule has 78 valence electrons. The van der Waals surface area contributed by atoms with E-state index < -0.39 is 0 Å². The standard InChI is InChI=1S/C11H13N3S/c1-7(2)8-4-3-5-9(6-8)10-12-11(15)14-13-10/h3-7H,1-2H3,(H2,12,13,14,15). The fourth-order valence-corrected chi connectivity index (χ4v) is 1.59. The lowest BCUT2D eigenvalue weighted by molar-refractivity contribution is 0.867. The van der Waals surface area contributed by atoms with Gasteiger partial charge in [0.15, 0.2) is 5.82 Å². The molecule has 0 radical (unpaired) electrons. The molecule has 0 unspecified atom stereocenters. The molecule has 3 nitrogen and oxygen atoms in total. The summed E-state index contributed by atoms with van der Waals surface area (Å²) in [5, 5.41) is 5.74. The molecule has 1 aromatic carbocycles. The molecule has 2 N–H and O–H groups in total. The molecular formula is C11H13N3S. The third kappa shape index (κ3) is 2.15. The van der Waals surface area contributed by atoms with Gasteiger partial charge in [0.2, 0.25) is 4.77 Å². The van der Waals surface area contributed by atoms with E-state index in [-0.39, 0.29) is 0 Å². The van der Waals surface area contributed by atoms with Crippen molar-refractivity contribution >= 4 is 12.2 Å². The highest BCUT2D eigenvalue weighted by Crippen LogP contribution is 2.20. The first-order chi connectivity index (χ1) is 7.16. The predicted octanol–water partition coefficient (Wildman–Crippen LogP) is 3.26. The normalized spacial score (nSPS) is 10.9. The van der Waals surface area contributed by atoms with E-state index in [0.717, 1.165) is 11.4 Å². The van der Waals surface area contributed by atoms with Gasteiger partial charge >= 0.3 is 0 Å². The van der Waals surface area contributed by atoms with E-state index in [1.165, 1.54) is 5.56 Å². The van der Waals surface area contributed by atoms with E-state index in [2.05, 4.69) is 41.2 Å². The van der Waals surface area contributed by atoms with E-state index in [1.54, 1.807) is 0 Å². The number of aromatic nitrogens is 3. The van der Waals surface area contributed by atoms with E-state index in [1.807, 2.05) is 12.1 Å². The largest absolute Gasteiger partial charge is 0.282 e. The molecule has 0 saturated carbocycles. The van der Waals surface area contributed by atoms with Gasteiger partial charge in [0, 0.05) is 5.56 Å². The van der Waals surface area contributed by atoms with Crippen molar-refractivity contribution in [1.82, 2.24) is 15.2 Å². The van der Waals surface area contributed by atoms with Crippen LogP contribution in [0.2, 0.25) is 0 Å². The summed E-state index contributed by atoms with van der Waals surface area (Å²) in [6.07, 6.45) is 0. The third-order valence-electron chi connectivity index (χ3n) is 2.33. The maximum atomic E-state index is 4.92. The second-order valence-corrected chi connectivity index (χ2v) is 4.18. The lowest BCUT2D eigenvalue weighted by Crippen LogP contribution is -1.88. The van der Waals surface area contributed by atoms with Crippen LogP contribution in [-0.4, -0.2) is 15.2 Å². The van der Waals surface area contributed by atoms with Gasteiger partial charge in [0.25, 0.3) is 0 Å². The maximum absolute atomic E-state index is 4.92. The molecule has 0 aliphatic rings. The molecule has 0 atom stereocenters. The molecule has 0 aliphatic heterocycles. The molecule has 1 heterocycles. The second kappa shape index (κ2) is 3.98. The van der Waals surface area contributed by atoms with Crippen LogP contribution in [0, 0.1) is 4.77 Å². The summed E-state index contributed by atoms with van der Waals surface area (Å²) in [4.78, 5) is 4.19. The average molecular weight is 219 g/mol. The minimum Gasteiger partial charge on any atom is -0.282 e. The quantitative estimate of drug-likeness (QED) is 0.761. The minimum absolute atomic E-state index is 0.486. The van der Waals surface area contributed by atoms with Crippen LogP contribution in [-0.2, 0) is 0 Å². The average Bonchev–Trinajstić information content (AvgIpc) is 2.65. The molecule has 0 bridgehead atoms. The van der Waals surface area contributed by atoms with E-state index >= 15 is 0 Å². The van der Waals surface area contributed by atoms with Gasteiger partial charge in [-0.1, -0.05) is 32.0 Å². The zero-order chi connectivity index (χ0) is 10.8. The van der Waals surface area contributed by atoms with Gasteiger partial charge in [0.05, 0.1) is 0 Å². The summed E-state index contributed by atoms with van der Waals surface area (Å²) in [5.41, 5.74) is 2.36. The summed E-state index contributed by atoms with van der Waals surface area (Å²) in [5.74, 6) is 1.31. The van der Waals surface area contributed by atoms with Crippen molar-refractivity contribution in [3.63, 3.8) is 0 Å². The van der Waals surface area contributed by atoms with Crippen molar-refractivity contribution in [1.29, 1.82) is 0 Å². The van der Waals surface area contributed by atoms with Crippen molar-refractivity contribution in [3.05, 3.63) is 34.6 Å². The number of H-pyrrole nitrogens is 2. The minimum atomic E-state index is 0.486. The van der Waals surface area contributed by atoms with E-state index in [4.69, 9.17) is 12.2 Å². The smallest absolute Gasteiger partial charge is 0.213 e. The Labute approximate surface area is 93.6 Å². The van der Waals surface area contributed by atoms with Crippen LogP contribution in [0.4, 0.5) is 0 Å². The number of hydrogen-bond donors (Lipinski definition) is 2. The van der Waals surface area contributed by atoms with Crippen molar-refractivity contribution in [2.75, 3.05) is 0 Å². The van der Waals surface area contributed by atoms with Crippen molar-refractivity contribution in [2.24, 2.45) is 0 Å². The molecule has 0 aliphatic carbocycles. The SMILES string of the molecule is CC(C)c1cccc(-c2nc(=S)[nH][nH]2)c1. The first kappa shape index (κ1) is 10.1. The fraction of sp³-hybridized carbons (Fsp3) is 0.273. The van der Waals surface area contributed by atoms with Gasteiger partial charge in [-0.15, -0.1) is 0 Å². The van der Waals surface area contributed by atoms with Crippen molar-refractivity contribution in [3.8, 4) is 11.4 Å². The van der Waals surface area contributed by atoms with Crippen LogP contribution < -0.4 is 0 Å². The molecular weight excluding hydrogens is 206 g/mol. The van der Waals surface area contributed by atoms with Gasteiger partial charge in [-0.3, -0.25) is 10.2 Å². The number of nitrogens with one attached hydrogen (secondary N) is 2. The summed E-state index contributed by atoms with van der Waals surface area (Å²) in [7, 11) is 0. The first-order valence-corrected chi connectivity index (χ1v) is 5.32. The summed E-state index contributed by atoms with van der Waals surface area (Å²) < 4.78 is 0.486. The van der Waals surface area contributed by atoms with Crippen LogP contribution >= 0.6 is 12.2 Å². The Morgan fingerprint density at radius 3 is 2.67 bits per heavy atom. The molecule has 0 spiro atoms. The maximum Gasteiger partial charge on any atom is 0.213 e. The number of hydrogen-bond acceptors (Lipinski definition) is 2. The summed E-state index contributed by atoms with van der Waals surface area (Å²) >= 11 is 4.92. The monoisotopic (exact) mass is 219 g/mol. The highest BCUT2D eigenvalue weighted by atomic mass is 32.1. The van der Waals surface area contributed by atoms with Crippen LogP contribution in [0.1, 0.15) is 25.3 Å². The van der Waals surface area contributed by atoms with E-state index in [9.17, 15) is 0 Å². The Hall–Kier alpha value is -1.42. The van der Waals surface area contributed by atoms with Crippen molar-refractivity contribution in [2.45, 2.75) is 19.8 Å². The summed E-state index contributed by atoms with van der Waals surface area (Å²) in [6, 6.07) is 8.31. The lowest BCUT2D eigenvalue weighted by atomic mass is 10.0. The van der Waals surface area contributed by atoms with Gasteiger partial charge < -0.3 is 0 Å². The molecule has 0 saturated heterocycles. The topological polar surface area (TPSA) is 44.5 Å². The number of nitrogens with zero attached hydrogens (tertiary/aromatic N) is 1. The van der Waals surface area contributed by atoms with E-state index in [0.29, 0.717) is 10.7 Å². The molecule has 0 amide bonds. The van der Waals surface area contributed by atoms with Crippen LogP contribution in [0.5, 0.6) is 0 Å². The first-order valence-electron chi connectivity index (χ1n) is 4.92. The zero-order valence-electron chi connectivity index (χ0n) is 8.74.